The van der Waals surface area contributed by atoms with Gasteiger partial charge in [0, 0.05) is 12.1 Å². The number of nitro benzene ring substituents is 1. The van der Waals surface area contributed by atoms with Gasteiger partial charge in [-0.25, -0.2) is 9.67 Å². The van der Waals surface area contributed by atoms with Crippen LogP contribution in [0.5, 0.6) is 5.75 Å². The van der Waals surface area contributed by atoms with E-state index >= 15 is 0 Å². The minimum Gasteiger partial charge on any atom is -0.484 e. The third-order valence-corrected chi connectivity index (χ3v) is 3.26. The molecule has 0 saturated carbocycles. The highest BCUT2D eigenvalue weighted by atomic mass is 16.6. The van der Waals surface area contributed by atoms with Crippen LogP contribution >= 0.6 is 0 Å². The summed E-state index contributed by atoms with van der Waals surface area (Å²) in [6, 6.07) is 12.6. The average molecular weight is 339 g/mol. The van der Waals surface area contributed by atoms with Gasteiger partial charge in [0.2, 0.25) is 0 Å². The lowest BCUT2D eigenvalue weighted by Crippen LogP contribution is -2.21. The quantitative estimate of drug-likeness (QED) is 0.544. The summed E-state index contributed by atoms with van der Waals surface area (Å²) in [6.45, 7) is -0.233. The Balaban J connectivity index is 1.63. The molecule has 0 atom stereocenters. The van der Waals surface area contributed by atoms with Crippen molar-refractivity contribution >= 4 is 17.3 Å². The Kier molecular flexibility index (Phi) is 4.65. The molecule has 9 heteroatoms. The molecular weight excluding hydrogens is 326 g/mol. The predicted octanol–water partition coefficient (Wildman–Crippen LogP) is 2.19. The van der Waals surface area contributed by atoms with Crippen LogP contribution in [0, 0.1) is 10.1 Å². The Labute approximate surface area is 142 Å². The monoisotopic (exact) mass is 339 g/mol. The Morgan fingerprint density at radius 2 is 1.96 bits per heavy atom. The molecule has 126 valence electrons. The van der Waals surface area contributed by atoms with Crippen LogP contribution in [0.25, 0.3) is 5.69 Å². The second kappa shape index (κ2) is 7.21. The number of non-ortho nitro benzene ring substituents is 1. The van der Waals surface area contributed by atoms with Crippen molar-refractivity contribution in [2.24, 2.45) is 0 Å². The summed E-state index contributed by atoms with van der Waals surface area (Å²) in [5, 5.41) is 17.4. The molecule has 9 nitrogen and oxygen atoms in total. The predicted molar refractivity (Wildman–Crippen MR) is 88.6 cm³/mol. The number of ether oxygens (including phenoxy) is 1. The van der Waals surface area contributed by atoms with Crippen molar-refractivity contribution in [1.29, 1.82) is 0 Å². The van der Waals surface area contributed by atoms with Gasteiger partial charge >= 0.3 is 0 Å². The molecule has 0 aliphatic heterocycles. The molecule has 0 radical (unpaired) electrons. The maximum Gasteiger partial charge on any atom is 0.269 e. The minimum atomic E-state index is -0.502. The SMILES string of the molecule is O=C(COc1ccc([N+](=O)[O-])cc1)Nc1ccccc1-n1cncn1. The molecule has 1 heterocycles. The minimum absolute atomic E-state index is 0.0430. The number of para-hydroxylation sites is 2. The third-order valence-electron chi connectivity index (χ3n) is 3.26. The van der Waals surface area contributed by atoms with E-state index in [4.69, 9.17) is 4.74 Å². The lowest BCUT2D eigenvalue weighted by Gasteiger charge is -2.11. The molecule has 0 bridgehead atoms. The maximum absolute atomic E-state index is 12.1. The first kappa shape index (κ1) is 16.1. The summed E-state index contributed by atoms with van der Waals surface area (Å²) in [7, 11) is 0. The van der Waals surface area contributed by atoms with Crippen molar-refractivity contribution in [3.8, 4) is 11.4 Å². The van der Waals surface area contributed by atoms with Gasteiger partial charge in [-0.2, -0.15) is 5.10 Å². The van der Waals surface area contributed by atoms with Crippen LogP contribution in [0.15, 0.2) is 61.2 Å². The van der Waals surface area contributed by atoms with Gasteiger partial charge in [0.15, 0.2) is 6.61 Å². The van der Waals surface area contributed by atoms with E-state index in [0.29, 0.717) is 17.1 Å². The molecule has 0 spiro atoms. The van der Waals surface area contributed by atoms with Gasteiger partial charge in [-0.3, -0.25) is 14.9 Å². The number of rotatable bonds is 6. The number of carbonyl (C=O) groups is 1. The van der Waals surface area contributed by atoms with Crippen LogP contribution in [0.4, 0.5) is 11.4 Å². The number of amides is 1. The highest BCUT2D eigenvalue weighted by molar-refractivity contribution is 5.93. The lowest BCUT2D eigenvalue weighted by atomic mass is 10.2. The fourth-order valence-electron chi connectivity index (χ4n) is 2.11. The van der Waals surface area contributed by atoms with Crippen LogP contribution in [-0.2, 0) is 4.79 Å². The van der Waals surface area contributed by atoms with Crippen molar-refractivity contribution in [1.82, 2.24) is 14.8 Å². The molecule has 3 aromatic rings. The maximum atomic E-state index is 12.1. The van der Waals surface area contributed by atoms with Gasteiger partial charge in [-0.1, -0.05) is 12.1 Å². The summed E-state index contributed by atoms with van der Waals surface area (Å²) in [4.78, 5) is 26.1. The lowest BCUT2D eigenvalue weighted by molar-refractivity contribution is -0.384. The largest absolute Gasteiger partial charge is 0.484 e. The van der Waals surface area contributed by atoms with Crippen LogP contribution < -0.4 is 10.1 Å². The molecule has 1 amide bonds. The van der Waals surface area contributed by atoms with Gasteiger partial charge < -0.3 is 10.1 Å². The fourth-order valence-corrected chi connectivity index (χ4v) is 2.11. The topological polar surface area (TPSA) is 112 Å². The molecule has 0 unspecified atom stereocenters. The van der Waals surface area contributed by atoms with Gasteiger partial charge in [0.25, 0.3) is 11.6 Å². The summed E-state index contributed by atoms with van der Waals surface area (Å²) < 4.78 is 6.87. The summed E-state index contributed by atoms with van der Waals surface area (Å²) >= 11 is 0. The molecule has 25 heavy (non-hydrogen) atoms. The number of carbonyl (C=O) groups excluding carboxylic acids is 1. The number of hydrogen-bond acceptors (Lipinski definition) is 6. The van der Waals surface area contributed by atoms with Crippen LogP contribution in [0.1, 0.15) is 0 Å². The second-order valence-electron chi connectivity index (χ2n) is 4.95. The van der Waals surface area contributed by atoms with E-state index in [1.165, 1.54) is 41.6 Å². The molecule has 3 rings (SSSR count). The second-order valence-corrected chi connectivity index (χ2v) is 4.95. The summed E-state index contributed by atoms with van der Waals surface area (Å²) in [5.74, 6) is -0.00349. The van der Waals surface area contributed by atoms with E-state index in [0.717, 1.165) is 0 Å². The van der Waals surface area contributed by atoms with Crippen molar-refractivity contribution in [3.63, 3.8) is 0 Å². The van der Waals surface area contributed by atoms with Crippen LogP contribution in [-0.4, -0.2) is 32.2 Å². The van der Waals surface area contributed by atoms with E-state index in [1.807, 2.05) is 6.07 Å². The number of aromatic nitrogens is 3. The van der Waals surface area contributed by atoms with E-state index < -0.39 is 4.92 Å². The van der Waals surface area contributed by atoms with Gasteiger partial charge in [0.05, 0.1) is 16.3 Å². The molecule has 0 fully saturated rings. The first-order chi connectivity index (χ1) is 12.1. The van der Waals surface area contributed by atoms with Gasteiger partial charge in [-0.15, -0.1) is 0 Å². The van der Waals surface area contributed by atoms with E-state index in [1.54, 1.807) is 18.2 Å². The fraction of sp³-hybridized carbons (Fsp3) is 0.0625. The Morgan fingerprint density at radius 1 is 1.20 bits per heavy atom. The Hall–Kier alpha value is -3.75. The third kappa shape index (κ3) is 3.96. The number of nitrogens with one attached hydrogen (secondary N) is 1. The highest BCUT2D eigenvalue weighted by Crippen LogP contribution is 2.19. The first-order valence-corrected chi connectivity index (χ1v) is 7.24. The number of anilines is 1. The molecule has 1 aromatic heterocycles. The van der Waals surface area contributed by atoms with Crippen LogP contribution in [0.3, 0.4) is 0 Å². The Morgan fingerprint density at radius 3 is 2.64 bits per heavy atom. The standard InChI is InChI=1S/C16H13N5O4/c22-16(9-25-13-7-5-12(6-8-13)21(23)24)19-14-3-1-2-4-15(14)20-11-17-10-18-20/h1-8,10-11H,9H2,(H,19,22). The van der Waals surface area contributed by atoms with Crippen molar-refractivity contribution in [2.75, 3.05) is 11.9 Å². The van der Waals surface area contributed by atoms with Crippen molar-refractivity contribution < 1.29 is 14.5 Å². The smallest absolute Gasteiger partial charge is 0.269 e. The number of hydrogen-bond donors (Lipinski definition) is 1. The first-order valence-electron chi connectivity index (χ1n) is 7.24. The molecular formula is C16H13N5O4. The van der Waals surface area contributed by atoms with E-state index in [-0.39, 0.29) is 18.2 Å². The van der Waals surface area contributed by atoms with Crippen LogP contribution in [0.2, 0.25) is 0 Å². The highest BCUT2D eigenvalue weighted by Gasteiger charge is 2.10. The summed E-state index contributed by atoms with van der Waals surface area (Å²) in [6.07, 6.45) is 2.93. The average Bonchev–Trinajstić information content (AvgIpc) is 3.15. The number of nitro groups is 1. The molecule has 2 aromatic carbocycles. The zero-order valence-corrected chi connectivity index (χ0v) is 12.9. The van der Waals surface area contributed by atoms with E-state index in [2.05, 4.69) is 15.4 Å². The van der Waals surface area contributed by atoms with Crippen molar-refractivity contribution in [2.45, 2.75) is 0 Å². The van der Waals surface area contributed by atoms with E-state index in [9.17, 15) is 14.9 Å². The molecule has 0 saturated heterocycles. The van der Waals surface area contributed by atoms with Gasteiger partial charge in [-0.05, 0) is 24.3 Å². The zero-order valence-electron chi connectivity index (χ0n) is 12.9. The zero-order chi connectivity index (χ0) is 17.6. The number of benzene rings is 2. The molecule has 0 aliphatic carbocycles. The normalized spacial score (nSPS) is 10.2. The number of nitrogens with zero attached hydrogens (tertiary/aromatic N) is 4. The molecule has 1 N–H and O–H groups in total. The van der Waals surface area contributed by atoms with Gasteiger partial charge in [0.1, 0.15) is 18.4 Å². The summed E-state index contributed by atoms with van der Waals surface area (Å²) in [5.41, 5.74) is 1.19. The van der Waals surface area contributed by atoms with Crippen molar-refractivity contribution in [3.05, 3.63) is 71.3 Å². The molecule has 0 aliphatic rings. The Bertz CT molecular complexity index is 878.